The summed E-state index contributed by atoms with van der Waals surface area (Å²) >= 11 is 7.27. The maximum Gasteiger partial charge on any atom is 0.335 e. The van der Waals surface area contributed by atoms with Crippen LogP contribution >= 0.6 is 22.9 Å². The van der Waals surface area contributed by atoms with Gasteiger partial charge in [-0.1, -0.05) is 17.7 Å². The van der Waals surface area contributed by atoms with Crippen molar-refractivity contribution in [3.8, 4) is 6.01 Å². The number of aliphatic hydroxyl groups is 1. The van der Waals surface area contributed by atoms with Crippen LogP contribution in [-0.2, 0) is 16.8 Å². The second kappa shape index (κ2) is 10.1. The highest BCUT2D eigenvalue weighted by Gasteiger charge is 2.46. The number of aromatic carboxylic acids is 1. The molecule has 37 heavy (non-hydrogen) atoms. The Bertz CT molecular complexity index is 1460. The first-order chi connectivity index (χ1) is 17.6. The molecule has 2 aliphatic heterocycles. The number of carbonyl (C=O) groups excluding carboxylic acids is 1. The van der Waals surface area contributed by atoms with Crippen LogP contribution in [0, 0.1) is 0 Å². The number of thiophene rings is 1. The van der Waals surface area contributed by atoms with Gasteiger partial charge in [-0.25, -0.2) is 4.79 Å². The second-order valence-electron chi connectivity index (χ2n) is 8.57. The normalized spacial score (nSPS) is 20.6. The van der Waals surface area contributed by atoms with E-state index in [1.165, 1.54) is 44.2 Å². The van der Waals surface area contributed by atoms with Crippen molar-refractivity contribution < 1.29 is 33.0 Å². The molecule has 2 saturated heterocycles. The lowest BCUT2D eigenvalue weighted by Gasteiger charge is -2.39. The Morgan fingerprint density at radius 3 is 2.57 bits per heavy atom. The van der Waals surface area contributed by atoms with Gasteiger partial charge in [0.25, 0.3) is 16.1 Å². The number of carboxylic acids is 1. The number of hydrogen-bond donors (Lipinski definition) is 2. The Hall–Kier alpha value is -2.88. The predicted octanol–water partition coefficient (Wildman–Crippen LogP) is 2.02. The molecule has 2 unspecified atom stereocenters. The van der Waals surface area contributed by atoms with Crippen molar-refractivity contribution in [2.75, 3.05) is 19.6 Å². The Morgan fingerprint density at radius 1 is 1.16 bits per heavy atom. The molecule has 12 nitrogen and oxygen atoms in total. The number of rotatable bonds is 8. The van der Waals surface area contributed by atoms with Gasteiger partial charge >= 0.3 is 12.0 Å². The SMILES string of the molecule is O=C(O)c1cccc(C(=O)n2nc(C3CCN3S(=O)(=O)N3CCC(O)C3)nc2OCc2ccc(Cl)s2)c1. The monoisotopic (exact) mass is 567 g/mol. The van der Waals surface area contributed by atoms with Gasteiger partial charge in [0.1, 0.15) is 6.61 Å². The molecule has 0 radical (unpaired) electrons. The first-order valence-electron chi connectivity index (χ1n) is 11.3. The van der Waals surface area contributed by atoms with Crippen LogP contribution in [0.5, 0.6) is 6.01 Å². The van der Waals surface area contributed by atoms with Crippen LogP contribution in [-0.4, -0.2) is 79.6 Å². The maximum atomic E-state index is 13.3. The van der Waals surface area contributed by atoms with Crippen molar-refractivity contribution >= 4 is 45.0 Å². The third-order valence-corrected chi connectivity index (χ3v) is 9.35. The van der Waals surface area contributed by atoms with E-state index in [-0.39, 0.29) is 49.2 Å². The molecule has 3 aromatic rings. The summed E-state index contributed by atoms with van der Waals surface area (Å²) < 4.78 is 36.0. The number of halogens is 1. The van der Waals surface area contributed by atoms with E-state index in [0.29, 0.717) is 17.2 Å². The Kier molecular flexibility index (Phi) is 7.04. The molecule has 0 amide bonds. The minimum Gasteiger partial charge on any atom is -0.478 e. The smallest absolute Gasteiger partial charge is 0.335 e. The zero-order valence-corrected chi connectivity index (χ0v) is 21.6. The molecule has 2 fully saturated rings. The van der Waals surface area contributed by atoms with Crippen LogP contribution in [0.15, 0.2) is 36.4 Å². The fourth-order valence-electron chi connectivity index (χ4n) is 4.12. The van der Waals surface area contributed by atoms with E-state index >= 15 is 0 Å². The Balaban J connectivity index is 1.45. The molecule has 0 aliphatic carbocycles. The molecule has 1 aromatic carbocycles. The van der Waals surface area contributed by atoms with Gasteiger partial charge < -0.3 is 14.9 Å². The molecule has 0 spiro atoms. The molecule has 4 heterocycles. The van der Waals surface area contributed by atoms with Gasteiger partial charge in [-0.15, -0.1) is 21.1 Å². The van der Waals surface area contributed by atoms with Crippen molar-refractivity contribution in [2.45, 2.75) is 31.6 Å². The Morgan fingerprint density at radius 2 is 1.95 bits per heavy atom. The number of aliphatic hydroxyl groups excluding tert-OH is 1. The van der Waals surface area contributed by atoms with E-state index in [1.807, 2.05) is 0 Å². The van der Waals surface area contributed by atoms with Gasteiger partial charge in [-0.05, 0) is 43.2 Å². The van der Waals surface area contributed by atoms with Crippen LogP contribution in [0.25, 0.3) is 0 Å². The summed E-state index contributed by atoms with van der Waals surface area (Å²) in [5, 5.41) is 23.4. The first-order valence-corrected chi connectivity index (χ1v) is 13.9. The van der Waals surface area contributed by atoms with Crippen LogP contribution in [0.2, 0.25) is 4.34 Å². The van der Waals surface area contributed by atoms with Crippen molar-refractivity contribution in [3.63, 3.8) is 0 Å². The minimum atomic E-state index is -3.86. The summed E-state index contributed by atoms with van der Waals surface area (Å²) in [5.41, 5.74) is -0.0320. The lowest BCUT2D eigenvalue weighted by molar-refractivity contribution is 0.0696. The molecule has 2 atom stereocenters. The third-order valence-electron chi connectivity index (χ3n) is 6.13. The number of nitrogens with zero attached hydrogens (tertiary/aromatic N) is 5. The Labute approximate surface area is 220 Å². The van der Waals surface area contributed by atoms with E-state index in [2.05, 4.69) is 10.1 Å². The summed E-state index contributed by atoms with van der Waals surface area (Å²) in [4.78, 5) is 29.8. The van der Waals surface area contributed by atoms with Crippen LogP contribution < -0.4 is 4.74 Å². The zero-order valence-electron chi connectivity index (χ0n) is 19.2. The van der Waals surface area contributed by atoms with Gasteiger partial charge in [-0.3, -0.25) is 4.79 Å². The van der Waals surface area contributed by atoms with Crippen molar-refractivity contribution in [3.05, 3.63) is 62.6 Å². The third kappa shape index (κ3) is 5.12. The summed E-state index contributed by atoms with van der Waals surface area (Å²) in [6, 6.07) is 8.04. The second-order valence-corrected chi connectivity index (χ2v) is 12.3. The van der Waals surface area contributed by atoms with Gasteiger partial charge in [0.15, 0.2) is 5.82 Å². The molecule has 2 aromatic heterocycles. The predicted molar refractivity (Wildman–Crippen MR) is 132 cm³/mol. The van der Waals surface area contributed by atoms with E-state index in [9.17, 15) is 28.2 Å². The van der Waals surface area contributed by atoms with Crippen molar-refractivity contribution in [2.24, 2.45) is 0 Å². The van der Waals surface area contributed by atoms with Crippen molar-refractivity contribution in [1.82, 2.24) is 23.4 Å². The fourth-order valence-corrected chi connectivity index (χ4v) is 6.97. The fraction of sp³-hybridized carbons (Fsp3) is 0.364. The van der Waals surface area contributed by atoms with Crippen molar-refractivity contribution in [1.29, 1.82) is 0 Å². The summed E-state index contributed by atoms with van der Waals surface area (Å²) in [6.07, 6.45) is 0.0819. The summed E-state index contributed by atoms with van der Waals surface area (Å²) in [5.74, 6) is -1.80. The molecule has 2 aliphatic rings. The zero-order chi connectivity index (χ0) is 26.3. The van der Waals surface area contributed by atoms with Crippen LogP contribution in [0.1, 0.15) is 50.3 Å². The summed E-state index contributed by atoms with van der Waals surface area (Å²) in [6.45, 7) is 0.511. The van der Waals surface area contributed by atoms with E-state index in [1.54, 1.807) is 12.1 Å². The maximum absolute atomic E-state index is 13.3. The standard InChI is InChI=1S/C22H22ClN5O7S2/c23-18-5-4-16(36-18)12-35-22-24-19(17-7-9-27(17)37(33,34)26-8-6-15(29)11-26)25-28(22)20(30)13-2-1-3-14(10-13)21(31)32/h1-5,10,15,17,29H,6-9,11-12H2,(H,31,32). The highest BCUT2D eigenvalue weighted by Crippen LogP contribution is 2.37. The van der Waals surface area contributed by atoms with Gasteiger partial charge in [-0.2, -0.15) is 22.0 Å². The minimum absolute atomic E-state index is 0.0174. The number of carboxylic acid groups (broad SMARTS) is 1. The largest absolute Gasteiger partial charge is 0.478 e. The summed E-state index contributed by atoms with van der Waals surface area (Å²) in [7, 11) is -3.86. The molecule has 15 heteroatoms. The van der Waals surface area contributed by atoms with Crippen LogP contribution in [0.3, 0.4) is 0 Å². The number of hydrogen-bond acceptors (Lipinski definition) is 9. The molecule has 2 N–H and O–H groups in total. The topological polar surface area (TPSA) is 155 Å². The molecule has 0 bridgehead atoms. The highest BCUT2D eigenvalue weighted by molar-refractivity contribution is 7.86. The lowest BCUT2D eigenvalue weighted by Crippen LogP contribution is -2.51. The molecule has 5 rings (SSSR count). The van der Waals surface area contributed by atoms with Gasteiger partial charge in [0.2, 0.25) is 0 Å². The number of β-amino-alcohol motifs (C(OH)–C–C–N with tert-alkyl or cyclic N) is 1. The highest BCUT2D eigenvalue weighted by atomic mass is 35.5. The molecule has 196 valence electrons. The lowest BCUT2D eigenvalue weighted by atomic mass is 10.1. The number of ether oxygens (including phenoxy) is 1. The quantitative estimate of drug-likeness (QED) is 0.416. The number of carbonyl (C=O) groups is 2. The van der Waals surface area contributed by atoms with Crippen LogP contribution in [0.4, 0.5) is 0 Å². The number of aromatic nitrogens is 3. The van der Waals surface area contributed by atoms with Gasteiger partial charge in [0, 0.05) is 30.1 Å². The van der Waals surface area contributed by atoms with E-state index in [4.69, 9.17) is 16.3 Å². The average Bonchev–Trinajstić information content (AvgIpc) is 3.56. The molecular weight excluding hydrogens is 546 g/mol. The molecule has 0 saturated carbocycles. The molecular formula is C22H22ClN5O7S2. The first kappa shape index (κ1) is 25.8. The average molecular weight is 568 g/mol. The number of benzene rings is 1. The van der Waals surface area contributed by atoms with Gasteiger partial charge in [0.05, 0.1) is 22.0 Å². The van der Waals surface area contributed by atoms with E-state index < -0.39 is 34.2 Å². The van der Waals surface area contributed by atoms with E-state index in [0.717, 1.165) is 9.56 Å².